The fraction of sp³-hybridized carbons (Fsp3) is 0.542. The second-order valence-electron chi connectivity index (χ2n) is 9.49. The predicted octanol–water partition coefficient (Wildman–Crippen LogP) is 2.18. The lowest BCUT2D eigenvalue weighted by atomic mass is 9.93. The number of hydrogen-bond donors (Lipinski definition) is 3. The zero-order valence-electron chi connectivity index (χ0n) is 20.3. The van der Waals surface area contributed by atoms with Crippen LogP contribution in [-0.4, -0.2) is 77.4 Å². The number of aliphatic hydroxyl groups excluding tert-OH is 1. The number of hydrogen-bond acceptors (Lipinski definition) is 8. The minimum atomic E-state index is -4.51. The summed E-state index contributed by atoms with van der Waals surface area (Å²) in [5.41, 5.74) is 4.76. The molecule has 0 aliphatic carbocycles. The van der Waals surface area contributed by atoms with Gasteiger partial charge in [-0.05, 0) is 37.6 Å². The first-order chi connectivity index (χ1) is 17.5. The summed E-state index contributed by atoms with van der Waals surface area (Å²) < 4.78 is 61.2. The van der Waals surface area contributed by atoms with E-state index in [1.807, 2.05) is 0 Å². The average Bonchev–Trinajstić information content (AvgIpc) is 2.84. The Morgan fingerprint density at radius 2 is 2.08 bits per heavy atom. The first-order valence-corrected chi connectivity index (χ1v) is 12.0. The SMILES string of the molecule is C[C@@H]1COC[C@H](c2cccc(C(F)(F)F)c2)N1c1ncnc(NC[C@H]2CCN(CC(N)=O)C[C@@H]2O)c1F. The normalized spacial score (nSPS) is 25.2. The highest BCUT2D eigenvalue weighted by atomic mass is 19.4. The molecule has 2 fully saturated rings. The molecule has 3 heterocycles. The first kappa shape index (κ1) is 27.0. The number of halogens is 4. The quantitative estimate of drug-likeness (QED) is 0.470. The van der Waals surface area contributed by atoms with Crippen LogP contribution in [0.4, 0.5) is 29.2 Å². The standard InChI is InChI=1S/C24H30F4N6O3/c1-14-11-37-12-18(15-3-2-4-17(7-15)24(26,27)28)34(14)23-21(25)22(31-13-32-23)30-8-16-5-6-33(9-19(16)35)10-20(29)36/h2-4,7,13-14,16,18-19,35H,5-6,8-12H2,1H3,(H2,29,36)(H,30,31,32)/t14-,16-,18-,19+/m1/s1. The fourth-order valence-corrected chi connectivity index (χ4v) is 4.89. The average molecular weight is 527 g/mol. The lowest BCUT2D eigenvalue weighted by Crippen LogP contribution is -2.48. The molecule has 13 heteroatoms. The van der Waals surface area contributed by atoms with E-state index < -0.39 is 35.6 Å². The van der Waals surface area contributed by atoms with Crippen molar-refractivity contribution in [2.24, 2.45) is 11.7 Å². The van der Waals surface area contributed by atoms with E-state index in [1.54, 1.807) is 22.8 Å². The number of carbonyl (C=O) groups excluding carboxylic acids is 1. The van der Waals surface area contributed by atoms with E-state index in [1.165, 1.54) is 12.4 Å². The van der Waals surface area contributed by atoms with Gasteiger partial charge in [-0.3, -0.25) is 9.69 Å². The Hall–Kier alpha value is -3.03. The van der Waals surface area contributed by atoms with E-state index in [9.17, 15) is 23.1 Å². The van der Waals surface area contributed by atoms with Crippen LogP contribution in [0.1, 0.15) is 30.5 Å². The third-order valence-electron chi connectivity index (χ3n) is 6.78. The first-order valence-electron chi connectivity index (χ1n) is 12.0. The fourth-order valence-electron chi connectivity index (χ4n) is 4.89. The van der Waals surface area contributed by atoms with Crippen molar-refractivity contribution in [2.75, 3.05) is 49.6 Å². The summed E-state index contributed by atoms with van der Waals surface area (Å²) in [5, 5.41) is 13.4. The van der Waals surface area contributed by atoms with E-state index >= 15 is 4.39 Å². The van der Waals surface area contributed by atoms with Crippen molar-refractivity contribution >= 4 is 17.5 Å². The Morgan fingerprint density at radius 3 is 2.78 bits per heavy atom. The van der Waals surface area contributed by atoms with Gasteiger partial charge >= 0.3 is 6.18 Å². The van der Waals surface area contributed by atoms with Crippen LogP contribution in [-0.2, 0) is 15.7 Å². The minimum absolute atomic E-state index is 0.0486. The van der Waals surface area contributed by atoms with Gasteiger partial charge in [0.15, 0.2) is 11.6 Å². The van der Waals surface area contributed by atoms with Gasteiger partial charge < -0.3 is 25.8 Å². The highest BCUT2D eigenvalue weighted by Gasteiger charge is 2.36. The van der Waals surface area contributed by atoms with E-state index in [0.717, 1.165) is 12.1 Å². The van der Waals surface area contributed by atoms with E-state index in [0.29, 0.717) is 18.5 Å². The van der Waals surface area contributed by atoms with Gasteiger partial charge in [-0.25, -0.2) is 9.97 Å². The molecule has 0 radical (unpaired) electrons. The molecular formula is C24H30F4N6O3. The van der Waals surface area contributed by atoms with E-state index in [2.05, 4.69) is 15.3 Å². The van der Waals surface area contributed by atoms with Gasteiger partial charge in [-0.2, -0.15) is 17.6 Å². The molecule has 2 aromatic rings. The maximum absolute atomic E-state index is 15.7. The number of ether oxygens (including phenoxy) is 1. The molecule has 1 amide bonds. The highest BCUT2D eigenvalue weighted by molar-refractivity contribution is 5.75. The summed E-state index contributed by atoms with van der Waals surface area (Å²) in [6, 6.07) is 3.84. The summed E-state index contributed by atoms with van der Waals surface area (Å²) >= 11 is 0. The molecule has 37 heavy (non-hydrogen) atoms. The van der Waals surface area contributed by atoms with Crippen molar-refractivity contribution in [1.29, 1.82) is 0 Å². The molecule has 0 unspecified atom stereocenters. The van der Waals surface area contributed by atoms with Crippen LogP contribution >= 0.6 is 0 Å². The molecule has 2 aliphatic heterocycles. The number of rotatable bonds is 7. The Morgan fingerprint density at radius 1 is 1.30 bits per heavy atom. The van der Waals surface area contributed by atoms with Gasteiger partial charge in [0.25, 0.3) is 0 Å². The Balaban J connectivity index is 1.52. The summed E-state index contributed by atoms with van der Waals surface area (Å²) in [5.74, 6) is -1.54. The molecular weight excluding hydrogens is 496 g/mol. The molecule has 0 bridgehead atoms. The lowest BCUT2D eigenvalue weighted by molar-refractivity contribution is -0.137. The summed E-state index contributed by atoms with van der Waals surface area (Å²) in [6.07, 6.45) is -3.49. The van der Waals surface area contributed by atoms with Crippen molar-refractivity contribution in [2.45, 2.75) is 37.7 Å². The molecule has 4 atom stereocenters. The second kappa shape index (κ2) is 11.2. The van der Waals surface area contributed by atoms with E-state index in [4.69, 9.17) is 10.5 Å². The largest absolute Gasteiger partial charge is 0.416 e. The molecule has 1 aromatic heterocycles. The Bertz CT molecular complexity index is 1100. The number of alkyl halides is 3. The van der Waals surface area contributed by atoms with Crippen LogP contribution in [0, 0.1) is 11.7 Å². The third-order valence-corrected chi connectivity index (χ3v) is 6.78. The van der Waals surface area contributed by atoms with Crippen LogP contribution < -0.4 is 16.0 Å². The maximum atomic E-state index is 15.7. The summed E-state index contributed by atoms with van der Waals surface area (Å²) in [6.45, 7) is 3.22. The number of piperidine rings is 1. The molecule has 9 nitrogen and oxygen atoms in total. The zero-order chi connectivity index (χ0) is 26.7. The summed E-state index contributed by atoms with van der Waals surface area (Å²) in [4.78, 5) is 22.7. The van der Waals surface area contributed by atoms with Crippen molar-refractivity contribution < 1.29 is 32.2 Å². The highest BCUT2D eigenvalue weighted by Crippen LogP contribution is 2.37. The predicted molar refractivity (Wildman–Crippen MR) is 127 cm³/mol. The number of primary amides is 1. The van der Waals surface area contributed by atoms with Crippen molar-refractivity contribution in [1.82, 2.24) is 14.9 Å². The topological polar surface area (TPSA) is 117 Å². The molecule has 0 saturated carbocycles. The number of nitrogens with zero attached hydrogens (tertiary/aromatic N) is 4. The second-order valence-corrected chi connectivity index (χ2v) is 9.49. The Kier molecular flexibility index (Phi) is 8.14. The third kappa shape index (κ3) is 6.28. The smallest absolute Gasteiger partial charge is 0.391 e. The number of likely N-dealkylation sites (tertiary alicyclic amines) is 1. The monoisotopic (exact) mass is 526 g/mol. The van der Waals surface area contributed by atoms with Gasteiger partial charge in [0.1, 0.15) is 6.33 Å². The number of β-amino-alcohol motifs (C(OH)–C–C–N with tert-alkyl or cyclic N) is 1. The van der Waals surface area contributed by atoms with Crippen LogP contribution in [0.3, 0.4) is 0 Å². The number of carbonyl (C=O) groups is 1. The van der Waals surface area contributed by atoms with Crippen LogP contribution in [0.5, 0.6) is 0 Å². The van der Waals surface area contributed by atoms with Crippen molar-refractivity contribution in [3.8, 4) is 0 Å². The number of nitrogens with two attached hydrogens (primary N) is 1. The number of benzene rings is 1. The number of aliphatic hydroxyl groups is 1. The van der Waals surface area contributed by atoms with Crippen LogP contribution in [0.2, 0.25) is 0 Å². The van der Waals surface area contributed by atoms with Gasteiger partial charge in [0.2, 0.25) is 11.7 Å². The van der Waals surface area contributed by atoms with Crippen LogP contribution in [0.15, 0.2) is 30.6 Å². The number of amides is 1. The maximum Gasteiger partial charge on any atom is 0.416 e. The Labute approximate surface area is 211 Å². The molecule has 2 aliphatic rings. The molecule has 1 aromatic carbocycles. The van der Waals surface area contributed by atoms with Gasteiger partial charge in [-0.1, -0.05) is 12.1 Å². The van der Waals surface area contributed by atoms with Gasteiger partial charge in [-0.15, -0.1) is 0 Å². The minimum Gasteiger partial charge on any atom is -0.391 e. The molecule has 0 spiro atoms. The van der Waals surface area contributed by atoms with E-state index in [-0.39, 0.29) is 56.4 Å². The number of nitrogens with one attached hydrogen (secondary N) is 1. The number of anilines is 2. The molecule has 4 N–H and O–H groups in total. The molecule has 2 saturated heterocycles. The molecule has 202 valence electrons. The number of aromatic nitrogens is 2. The molecule has 4 rings (SSSR count). The van der Waals surface area contributed by atoms with Gasteiger partial charge in [0, 0.05) is 19.0 Å². The lowest BCUT2D eigenvalue weighted by Gasteiger charge is -2.41. The van der Waals surface area contributed by atoms with Crippen molar-refractivity contribution in [3.05, 3.63) is 47.5 Å². The van der Waals surface area contributed by atoms with Crippen LogP contribution in [0.25, 0.3) is 0 Å². The van der Waals surface area contributed by atoms with Crippen molar-refractivity contribution in [3.63, 3.8) is 0 Å². The summed E-state index contributed by atoms with van der Waals surface area (Å²) in [7, 11) is 0. The number of morpholine rings is 1. The zero-order valence-corrected chi connectivity index (χ0v) is 20.3. The van der Waals surface area contributed by atoms with Gasteiger partial charge in [0.05, 0.1) is 43.5 Å².